The molecule has 0 aromatic carbocycles. The van der Waals surface area contributed by atoms with Crippen LogP contribution in [0.15, 0.2) is 0 Å². The summed E-state index contributed by atoms with van der Waals surface area (Å²) in [5.41, 5.74) is 0. The van der Waals surface area contributed by atoms with Gasteiger partial charge in [-0.1, -0.05) is 33.6 Å². The second-order valence-corrected chi connectivity index (χ2v) is 5.32. The van der Waals surface area contributed by atoms with E-state index in [2.05, 4.69) is 17.6 Å². The Morgan fingerprint density at radius 1 is 1.47 bits per heavy atom. The van der Waals surface area contributed by atoms with Crippen molar-refractivity contribution in [3.63, 3.8) is 0 Å². The first kappa shape index (κ1) is 14.3. The van der Waals surface area contributed by atoms with Crippen LogP contribution in [0.1, 0.15) is 46.5 Å². The zero-order valence-corrected chi connectivity index (χ0v) is 11.2. The molecule has 1 aliphatic rings. The molecule has 1 aliphatic carbocycles. The Morgan fingerprint density at radius 3 is 2.71 bits per heavy atom. The molecule has 2 amide bonds. The summed E-state index contributed by atoms with van der Waals surface area (Å²) in [5.74, 6) is 0.793. The lowest BCUT2D eigenvalue weighted by Crippen LogP contribution is -2.46. The number of urea groups is 1. The lowest BCUT2D eigenvalue weighted by molar-refractivity contribution is 0.114. The lowest BCUT2D eigenvalue weighted by Gasteiger charge is -2.20. The molecule has 100 valence electrons. The summed E-state index contributed by atoms with van der Waals surface area (Å²) in [5, 5.41) is 15.5. The normalized spacial score (nSPS) is 27.5. The van der Waals surface area contributed by atoms with Gasteiger partial charge in [-0.05, 0) is 24.7 Å². The topological polar surface area (TPSA) is 61.4 Å². The third-order valence-electron chi connectivity index (χ3n) is 3.95. The summed E-state index contributed by atoms with van der Waals surface area (Å²) in [4.78, 5) is 11.6. The highest BCUT2D eigenvalue weighted by molar-refractivity contribution is 5.74. The van der Waals surface area contributed by atoms with Crippen LogP contribution in [-0.2, 0) is 0 Å². The van der Waals surface area contributed by atoms with Gasteiger partial charge in [0, 0.05) is 12.6 Å². The highest BCUT2D eigenvalue weighted by atomic mass is 16.3. The van der Waals surface area contributed by atoms with Crippen LogP contribution in [0.25, 0.3) is 0 Å². The number of hydrogen-bond donors (Lipinski definition) is 3. The molecule has 1 rings (SSSR count). The molecule has 4 atom stereocenters. The van der Waals surface area contributed by atoms with Crippen LogP contribution in [0.4, 0.5) is 4.79 Å². The van der Waals surface area contributed by atoms with E-state index in [9.17, 15) is 9.90 Å². The van der Waals surface area contributed by atoms with Gasteiger partial charge in [-0.15, -0.1) is 0 Å². The second kappa shape index (κ2) is 6.84. The fourth-order valence-electron chi connectivity index (χ4n) is 2.25. The van der Waals surface area contributed by atoms with Gasteiger partial charge in [-0.3, -0.25) is 0 Å². The zero-order valence-electron chi connectivity index (χ0n) is 11.2. The maximum atomic E-state index is 11.6. The standard InChI is InChI=1S/C13H26N2O2/c1-4-9(2)12(16)8-14-13(17)15-11-7-5-6-10(11)3/h9-12,16H,4-8H2,1-3H3,(H2,14,15,17). The van der Waals surface area contributed by atoms with Gasteiger partial charge in [0.2, 0.25) is 0 Å². The predicted molar refractivity (Wildman–Crippen MR) is 68.8 cm³/mol. The Kier molecular flexibility index (Phi) is 5.75. The Hall–Kier alpha value is -0.770. The van der Waals surface area contributed by atoms with Crippen LogP contribution >= 0.6 is 0 Å². The van der Waals surface area contributed by atoms with Crippen LogP contribution in [0.3, 0.4) is 0 Å². The monoisotopic (exact) mass is 242 g/mol. The van der Waals surface area contributed by atoms with E-state index < -0.39 is 6.10 Å². The average Bonchev–Trinajstić information content (AvgIpc) is 2.71. The maximum absolute atomic E-state index is 11.6. The third-order valence-corrected chi connectivity index (χ3v) is 3.95. The molecule has 4 nitrogen and oxygen atoms in total. The highest BCUT2D eigenvalue weighted by Crippen LogP contribution is 2.24. The fraction of sp³-hybridized carbons (Fsp3) is 0.923. The maximum Gasteiger partial charge on any atom is 0.315 e. The van der Waals surface area contributed by atoms with Gasteiger partial charge in [0.05, 0.1) is 6.10 Å². The number of amides is 2. The van der Waals surface area contributed by atoms with Crippen LogP contribution in [0.2, 0.25) is 0 Å². The van der Waals surface area contributed by atoms with E-state index in [0.717, 1.165) is 12.8 Å². The van der Waals surface area contributed by atoms with E-state index in [1.165, 1.54) is 12.8 Å². The molecule has 4 unspecified atom stereocenters. The van der Waals surface area contributed by atoms with Gasteiger partial charge in [0.1, 0.15) is 0 Å². The number of aliphatic hydroxyl groups is 1. The smallest absolute Gasteiger partial charge is 0.315 e. The molecule has 0 aromatic rings. The van der Waals surface area contributed by atoms with E-state index in [0.29, 0.717) is 18.5 Å². The van der Waals surface area contributed by atoms with E-state index >= 15 is 0 Å². The molecule has 3 N–H and O–H groups in total. The van der Waals surface area contributed by atoms with Gasteiger partial charge < -0.3 is 15.7 Å². The highest BCUT2D eigenvalue weighted by Gasteiger charge is 2.24. The van der Waals surface area contributed by atoms with Crippen molar-refractivity contribution in [3.8, 4) is 0 Å². The van der Waals surface area contributed by atoms with Gasteiger partial charge >= 0.3 is 6.03 Å². The summed E-state index contributed by atoms with van der Waals surface area (Å²) in [6, 6.07) is 0.154. The van der Waals surface area contributed by atoms with Crippen molar-refractivity contribution in [2.45, 2.75) is 58.6 Å². The van der Waals surface area contributed by atoms with Crippen LogP contribution in [-0.4, -0.2) is 29.8 Å². The first-order chi connectivity index (χ1) is 8.04. The van der Waals surface area contributed by atoms with Crippen LogP contribution < -0.4 is 10.6 Å². The molecule has 17 heavy (non-hydrogen) atoms. The SMILES string of the molecule is CCC(C)C(O)CNC(=O)NC1CCCC1C. The van der Waals surface area contributed by atoms with Crippen molar-refractivity contribution < 1.29 is 9.90 Å². The molecule has 0 bridgehead atoms. The molecule has 0 heterocycles. The minimum atomic E-state index is -0.452. The Morgan fingerprint density at radius 2 is 2.18 bits per heavy atom. The number of aliphatic hydroxyl groups excluding tert-OH is 1. The molecule has 1 fully saturated rings. The molecule has 0 radical (unpaired) electrons. The van der Waals surface area contributed by atoms with Crippen molar-refractivity contribution in [1.29, 1.82) is 0 Å². The average molecular weight is 242 g/mol. The zero-order chi connectivity index (χ0) is 12.8. The Labute approximate surface area is 104 Å². The van der Waals surface area contributed by atoms with Crippen molar-refractivity contribution in [2.24, 2.45) is 11.8 Å². The van der Waals surface area contributed by atoms with E-state index in [-0.39, 0.29) is 11.9 Å². The van der Waals surface area contributed by atoms with E-state index in [4.69, 9.17) is 0 Å². The first-order valence-corrected chi connectivity index (χ1v) is 6.77. The summed E-state index contributed by atoms with van der Waals surface area (Å²) < 4.78 is 0. The van der Waals surface area contributed by atoms with E-state index in [1.807, 2.05) is 13.8 Å². The molecule has 0 aliphatic heterocycles. The second-order valence-electron chi connectivity index (χ2n) is 5.32. The molecular formula is C13H26N2O2. The molecule has 0 saturated heterocycles. The van der Waals surface area contributed by atoms with Gasteiger partial charge in [0.25, 0.3) is 0 Å². The minimum absolute atomic E-state index is 0.147. The lowest BCUT2D eigenvalue weighted by atomic mass is 10.0. The van der Waals surface area contributed by atoms with Crippen LogP contribution in [0.5, 0.6) is 0 Å². The number of hydrogen-bond acceptors (Lipinski definition) is 2. The fourth-order valence-corrected chi connectivity index (χ4v) is 2.25. The number of carbonyl (C=O) groups is 1. The van der Waals surface area contributed by atoms with Gasteiger partial charge in [-0.25, -0.2) is 4.79 Å². The Bertz CT molecular complexity index is 246. The van der Waals surface area contributed by atoms with E-state index in [1.54, 1.807) is 0 Å². The summed E-state index contributed by atoms with van der Waals surface area (Å²) in [7, 11) is 0. The largest absolute Gasteiger partial charge is 0.391 e. The van der Waals surface area contributed by atoms with Crippen molar-refractivity contribution in [3.05, 3.63) is 0 Å². The van der Waals surface area contributed by atoms with Crippen molar-refractivity contribution in [1.82, 2.24) is 10.6 Å². The first-order valence-electron chi connectivity index (χ1n) is 6.77. The number of nitrogens with one attached hydrogen (secondary N) is 2. The molecule has 0 spiro atoms. The number of rotatable bonds is 5. The summed E-state index contributed by atoms with van der Waals surface area (Å²) >= 11 is 0. The van der Waals surface area contributed by atoms with Crippen molar-refractivity contribution >= 4 is 6.03 Å². The summed E-state index contributed by atoms with van der Waals surface area (Å²) in [6.07, 6.45) is 3.93. The van der Waals surface area contributed by atoms with Crippen LogP contribution in [0, 0.1) is 11.8 Å². The molecular weight excluding hydrogens is 216 g/mol. The molecule has 0 aromatic heterocycles. The third kappa shape index (κ3) is 4.54. The predicted octanol–water partition coefficient (Wildman–Crippen LogP) is 1.88. The Balaban J connectivity index is 2.21. The summed E-state index contributed by atoms with van der Waals surface area (Å²) in [6.45, 7) is 6.53. The molecule has 4 heteroatoms. The van der Waals surface area contributed by atoms with Crippen molar-refractivity contribution in [2.75, 3.05) is 6.54 Å². The number of carbonyl (C=O) groups excluding carboxylic acids is 1. The van der Waals surface area contributed by atoms with Gasteiger partial charge in [0.15, 0.2) is 0 Å². The quantitative estimate of drug-likeness (QED) is 0.689. The minimum Gasteiger partial charge on any atom is -0.391 e. The van der Waals surface area contributed by atoms with Gasteiger partial charge in [-0.2, -0.15) is 0 Å². The molecule has 1 saturated carbocycles.